The molecule has 0 saturated carbocycles. The van der Waals surface area contributed by atoms with Crippen LogP contribution in [-0.4, -0.2) is 64.6 Å². The second-order valence-corrected chi connectivity index (χ2v) is 7.03. The molecule has 0 radical (unpaired) electrons. The third kappa shape index (κ3) is 10.6. The highest BCUT2D eigenvalue weighted by Gasteiger charge is 2.04. The van der Waals surface area contributed by atoms with Crippen LogP contribution in [0.5, 0.6) is 0 Å². The Bertz CT molecular complexity index is 571. The molecule has 0 aliphatic rings. The molecule has 0 heterocycles. The van der Waals surface area contributed by atoms with Crippen molar-refractivity contribution in [3.05, 3.63) is 35.4 Å². The Morgan fingerprint density at radius 1 is 1.04 bits per heavy atom. The zero-order valence-electron chi connectivity index (χ0n) is 17.5. The molecule has 1 rings (SSSR count). The highest BCUT2D eigenvalue weighted by atomic mass is 16.1. The predicted octanol–water partition coefficient (Wildman–Crippen LogP) is 2.27. The maximum absolute atomic E-state index is 11.7. The number of aliphatic imine (C=N–C) groups is 1. The van der Waals surface area contributed by atoms with Gasteiger partial charge in [-0.2, -0.15) is 0 Å². The van der Waals surface area contributed by atoms with E-state index in [1.165, 1.54) is 32.2 Å². The average molecular weight is 376 g/mol. The van der Waals surface area contributed by atoms with Crippen LogP contribution in [0.1, 0.15) is 48.0 Å². The Balaban J connectivity index is 2.17. The van der Waals surface area contributed by atoms with Crippen molar-refractivity contribution in [3.63, 3.8) is 0 Å². The highest BCUT2D eigenvalue weighted by molar-refractivity contribution is 5.94. The standard InChI is InChI=1S/C21H37N5O/c1-22-20(27)19-12-10-11-18(17-19)13-15-25-21(23-2)24-14-8-6-5-7-9-16-26(3)4/h10-12,17H,5-9,13-16H2,1-4H3,(H,22,27)(H2,23,24,25). The van der Waals surface area contributed by atoms with Gasteiger partial charge < -0.3 is 20.9 Å². The molecule has 0 unspecified atom stereocenters. The first kappa shape index (κ1) is 23.0. The lowest BCUT2D eigenvalue weighted by Gasteiger charge is -2.12. The summed E-state index contributed by atoms with van der Waals surface area (Å²) in [6.45, 7) is 2.90. The van der Waals surface area contributed by atoms with Crippen molar-refractivity contribution < 1.29 is 4.79 Å². The molecular formula is C21H37N5O. The van der Waals surface area contributed by atoms with E-state index in [-0.39, 0.29) is 5.91 Å². The van der Waals surface area contributed by atoms with Crippen LogP contribution in [-0.2, 0) is 6.42 Å². The van der Waals surface area contributed by atoms with Crippen LogP contribution in [0.4, 0.5) is 0 Å². The fourth-order valence-corrected chi connectivity index (χ4v) is 2.85. The normalized spacial score (nSPS) is 11.5. The molecule has 6 nitrogen and oxygen atoms in total. The van der Waals surface area contributed by atoms with E-state index in [0.29, 0.717) is 5.56 Å². The van der Waals surface area contributed by atoms with Gasteiger partial charge in [-0.3, -0.25) is 9.79 Å². The monoisotopic (exact) mass is 375 g/mol. The lowest BCUT2D eigenvalue weighted by Crippen LogP contribution is -2.38. The minimum Gasteiger partial charge on any atom is -0.356 e. The number of hydrogen-bond acceptors (Lipinski definition) is 3. The van der Waals surface area contributed by atoms with Crippen LogP contribution in [0.25, 0.3) is 0 Å². The number of nitrogens with one attached hydrogen (secondary N) is 3. The Labute approximate surface area is 164 Å². The molecule has 1 amide bonds. The molecule has 0 aliphatic heterocycles. The summed E-state index contributed by atoms with van der Waals surface area (Å²) in [5.41, 5.74) is 1.83. The first-order valence-electron chi connectivity index (χ1n) is 9.97. The molecule has 6 heteroatoms. The Morgan fingerprint density at radius 2 is 1.74 bits per heavy atom. The summed E-state index contributed by atoms with van der Waals surface area (Å²) < 4.78 is 0. The summed E-state index contributed by atoms with van der Waals surface area (Å²) in [6, 6.07) is 7.73. The van der Waals surface area contributed by atoms with Crippen molar-refractivity contribution in [2.24, 2.45) is 4.99 Å². The lowest BCUT2D eigenvalue weighted by molar-refractivity contribution is 0.0963. The molecule has 0 atom stereocenters. The number of benzene rings is 1. The summed E-state index contributed by atoms with van der Waals surface area (Å²) in [6.07, 6.45) is 7.15. The zero-order valence-corrected chi connectivity index (χ0v) is 17.5. The molecular weight excluding hydrogens is 338 g/mol. The van der Waals surface area contributed by atoms with Gasteiger partial charge in [-0.1, -0.05) is 31.4 Å². The van der Waals surface area contributed by atoms with E-state index in [0.717, 1.165) is 37.5 Å². The Hall–Kier alpha value is -2.08. The molecule has 1 aromatic rings. The number of unbranched alkanes of at least 4 members (excludes halogenated alkanes) is 4. The number of amides is 1. The number of hydrogen-bond donors (Lipinski definition) is 3. The largest absolute Gasteiger partial charge is 0.356 e. The molecule has 0 fully saturated rings. The summed E-state index contributed by atoms with van der Waals surface area (Å²) >= 11 is 0. The summed E-state index contributed by atoms with van der Waals surface area (Å²) in [5.74, 6) is 0.786. The van der Waals surface area contributed by atoms with Crippen molar-refractivity contribution in [3.8, 4) is 0 Å². The lowest BCUT2D eigenvalue weighted by atomic mass is 10.1. The van der Waals surface area contributed by atoms with E-state index in [4.69, 9.17) is 0 Å². The van der Waals surface area contributed by atoms with Crippen LogP contribution in [0.3, 0.4) is 0 Å². The molecule has 152 valence electrons. The van der Waals surface area contributed by atoms with Crippen molar-refractivity contribution in [1.29, 1.82) is 0 Å². The smallest absolute Gasteiger partial charge is 0.251 e. The van der Waals surface area contributed by atoms with Crippen molar-refractivity contribution >= 4 is 11.9 Å². The van der Waals surface area contributed by atoms with Gasteiger partial charge in [0.15, 0.2) is 5.96 Å². The minimum absolute atomic E-state index is 0.0519. The predicted molar refractivity (Wildman–Crippen MR) is 115 cm³/mol. The number of carbonyl (C=O) groups excluding carboxylic acids is 1. The summed E-state index contributed by atoms with van der Waals surface area (Å²) in [7, 11) is 7.70. The van der Waals surface area contributed by atoms with Crippen molar-refractivity contribution in [2.75, 3.05) is 47.8 Å². The third-order valence-electron chi connectivity index (χ3n) is 4.42. The van der Waals surface area contributed by atoms with Gasteiger partial charge in [-0.25, -0.2) is 0 Å². The SMILES string of the molecule is CN=C(NCCCCCCCN(C)C)NCCc1cccc(C(=O)NC)c1. The average Bonchev–Trinajstić information content (AvgIpc) is 2.67. The molecule has 1 aromatic carbocycles. The van der Waals surface area contributed by atoms with Gasteiger partial charge in [0, 0.05) is 32.7 Å². The fraction of sp³-hybridized carbons (Fsp3) is 0.619. The van der Waals surface area contributed by atoms with E-state index in [1.54, 1.807) is 14.1 Å². The van der Waals surface area contributed by atoms with E-state index in [9.17, 15) is 4.79 Å². The van der Waals surface area contributed by atoms with Gasteiger partial charge in [0.05, 0.1) is 0 Å². The van der Waals surface area contributed by atoms with Crippen molar-refractivity contribution in [2.45, 2.75) is 38.5 Å². The molecule has 27 heavy (non-hydrogen) atoms. The number of rotatable bonds is 12. The number of guanidine groups is 1. The van der Waals surface area contributed by atoms with E-state index < -0.39 is 0 Å². The fourth-order valence-electron chi connectivity index (χ4n) is 2.85. The molecule has 0 aliphatic carbocycles. The van der Waals surface area contributed by atoms with Crippen molar-refractivity contribution in [1.82, 2.24) is 20.9 Å². The van der Waals surface area contributed by atoms with Crippen LogP contribution < -0.4 is 16.0 Å². The van der Waals surface area contributed by atoms with Crippen LogP contribution >= 0.6 is 0 Å². The first-order chi connectivity index (χ1) is 13.1. The van der Waals surface area contributed by atoms with Gasteiger partial charge in [0.1, 0.15) is 0 Å². The van der Waals surface area contributed by atoms with E-state index in [1.807, 2.05) is 24.3 Å². The van der Waals surface area contributed by atoms with E-state index in [2.05, 4.69) is 39.9 Å². The van der Waals surface area contributed by atoms with Crippen LogP contribution in [0, 0.1) is 0 Å². The van der Waals surface area contributed by atoms with Gasteiger partial charge in [-0.15, -0.1) is 0 Å². The third-order valence-corrected chi connectivity index (χ3v) is 4.42. The van der Waals surface area contributed by atoms with Gasteiger partial charge in [0.25, 0.3) is 5.91 Å². The van der Waals surface area contributed by atoms with Gasteiger partial charge >= 0.3 is 0 Å². The Morgan fingerprint density at radius 3 is 2.44 bits per heavy atom. The number of nitrogens with zero attached hydrogens (tertiary/aromatic N) is 2. The topological polar surface area (TPSA) is 68.8 Å². The highest BCUT2D eigenvalue weighted by Crippen LogP contribution is 2.06. The first-order valence-corrected chi connectivity index (χ1v) is 9.97. The van der Waals surface area contributed by atoms with Gasteiger partial charge in [-0.05, 0) is 57.6 Å². The zero-order chi connectivity index (χ0) is 19.9. The maximum Gasteiger partial charge on any atom is 0.251 e. The minimum atomic E-state index is -0.0519. The molecule has 3 N–H and O–H groups in total. The maximum atomic E-state index is 11.7. The second kappa shape index (κ2) is 14.0. The second-order valence-electron chi connectivity index (χ2n) is 7.03. The van der Waals surface area contributed by atoms with Crippen LogP contribution in [0.15, 0.2) is 29.3 Å². The molecule has 0 spiro atoms. The number of carbonyl (C=O) groups is 1. The van der Waals surface area contributed by atoms with Gasteiger partial charge in [0.2, 0.25) is 0 Å². The summed E-state index contributed by atoms with van der Waals surface area (Å²) in [4.78, 5) is 18.2. The van der Waals surface area contributed by atoms with Crippen LogP contribution in [0.2, 0.25) is 0 Å². The molecule has 0 aromatic heterocycles. The van der Waals surface area contributed by atoms with E-state index >= 15 is 0 Å². The molecule has 0 bridgehead atoms. The molecule has 0 saturated heterocycles. The Kier molecular flexibility index (Phi) is 11.9. The summed E-state index contributed by atoms with van der Waals surface area (Å²) in [5, 5.41) is 9.36. The quantitative estimate of drug-likeness (QED) is 0.298.